The van der Waals surface area contributed by atoms with Gasteiger partial charge < -0.3 is 9.80 Å². The predicted octanol–water partition coefficient (Wildman–Crippen LogP) is 4.46. The molecule has 1 aromatic heterocycles. The van der Waals surface area contributed by atoms with Crippen LogP contribution in [0.1, 0.15) is 6.92 Å². The maximum Gasteiger partial charge on any atom is 0.350 e. The van der Waals surface area contributed by atoms with Crippen LogP contribution in [-0.2, 0) is 11.3 Å². The number of halogens is 4. The number of carbonyl (C=O) groups is 1. The average molecular weight is 521 g/mol. The predicted molar refractivity (Wildman–Crippen MR) is 131 cm³/mol. The summed E-state index contributed by atoms with van der Waals surface area (Å²) in [6.45, 7) is 7.13. The van der Waals surface area contributed by atoms with Crippen LogP contribution in [0.4, 0.5) is 19.0 Å². The second-order valence-corrected chi connectivity index (χ2v) is 9.97. The largest absolute Gasteiger partial charge is 0.350 e. The molecule has 0 N–H and O–H groups in total. The minimum absolute atomic E-state index is 0.133. The van der Waals surface area contributed by atoms with E-state index in [1.165, 1.54) is 22.4 Å². The lowest BCUT2D eigenvalue weighted by Gasteiger charge is -2.40. The number of hydrogen-bond donors (Lipinski definition) is 0. The summed E-state index contributed by atoms with van der Waals surface area (Å²) in [6.07, 6.45) is 1.27. The van der Waals surface area contributed by atoms with Crippen LogP contribution in [0.5, 0.6) is 0 Å². The number of piperazine rings is 1. The molecule has 1 amide bonds. The van der Waals surface area contributed by atoms with E-state index >= 15 is 0 Å². The Balaban J connectivity index is 1.72. The maximum absolute atomic E-state index is 14.8. The normalized spacial score (nSPS) is 17.7. The monoisotopic (exact) mass is 520 g/mol. The van der Waals surface area contributed by atoms with E-state index in [0.29, 0.717) is 59.6 Å². The van der Waals surface area contributed by atoms with Crippen molar-refractivity contribution >= 4 is 46.0 Å². The van der Waals surface area contributed by atoms with Crippen LogP contribution in [0.15, 0.2) is 40.5 Å². The minimum atomic E-state index is -1.30. The molecular weight excluding hydrogens is 501 g/mol. The molecule has 1 fully saturated rings. The first-order chi connectivity index (χ1) is 16.7. The van der Waals surface area contributed by atoms with Gasteiger partial charge in [-0.05, 0) is 25.1 Å². The van der Waals surface area contributed by atoms with Gasteiger partial charge in [0.05, 0.1) is 10.5 Å². The third-order valence-electron chi connectivity index (χ3n) is 6.38. The van der Waals surface area contributed by atoms with Crippen molar-refractivity contribution in [3.63, 3.8) is 0 Å². The van der Waals surface area contributed by atoms with E-state index in [1.807, 2.05) is 11.8 Å². The van der Waals surface area contributed by atoms with Crippen LogP contribution in [-0.4, -0.2) is 51.8 Å². The van der Waals surface area contributed by atoms with Crippen LogP contribution >= 0.6 is 23.4 Å². The molecule has 0 spiro atoms. The quantitative estimate of drug-likeness (QED) is 0.377. The van der Waals surface area contributed by atoms with Crippen LogP contribution < -0.4 is 10.6 Å². The molecule has 182 valence electrons. The minimum Gasteiger partial charge on any atom is -0.350 e. The van der Waals surface area contributed by atoms with Gasteiger partial charge in [0.15, 0.2) is 11.6 Å². The highest BCUT2D eigenvalue weighted by molar-refractivity contribution is 7.99. The van der Waals surface area contributed by atoms with E-state index in [2.05, 4.69) is 11.6 Å². The second-order valence-electron chi connectivity index (χ2n) is 8.45. The average Bonchev–Trinajstić information content (AvgIpc) is 2.83. The molecule has 5 rings (SSSR count). The van der Waals surface area contributed by atoms with Gasteiger partial charge in [-0.1, -0.05) is 18.2 Å². The van der Waals surface area contributed by atoms with Crippen LogP contribution in [0, 0.1) is 17.5 Å². The second kappa shape index (κ2) is 8.91. The highest BCUT2D eigenvalue weighted by Gasteiger charge is 2.31. The number of aryl methyl sites for hydroxylation is 1. The van der Waals surface area contributed by atoms with E-state index < -0.39 is 23.1 Å². The molecule has 0 saturated carbocycles. The first-order valence-electron chi connectivity index (χ1n) is 10.9. The van der Waals surface area contributed by atoms with Gasteiger partial charge in [-0.3, -0.25) is 9.36 Å². The number of rotatable bonds is 3. The first-order valence-corrected chi connectivity index (χ1v) is 12.3. The lowest BCUT2D eigenvalue weighted by molar-refractivity contribution is -0.126. The molecule has 0 aliphatic carbocycles. The topological polar surface area (TPSA) is 58.4 Å². The Morgan fingerprint density at radius 1 is 1.17 bits per heavy atom. The fraction of sp³-hybridized carbons (Fsp3) is 0.292. The Kier molecular flexibility index (Phi) is 6.04. The Labute approximate surface area is 208 Å². The number of nitrogens with zero attached hydrogens (tertiary/aromatic N) is 4. The van der Waals surface area contributed by atoms with Gasteiger partial charge in [0, 0.05) is 65.4 Å². The third kappa shape index (κ3) is 3.88. The zero-order valence-electron chi connectivity index (χ0n) is 18.7. The third-order valence-corrected chi connectivity index (χ3v) is 7.75. The van der Waals surface area contributed by atoms with Gasteiger partial charge >= 0.3 is 5.69 Å². The molecule has 6 nitrogen and oxygen atoms in total. The standard InChI is InChI=1S/C24H20ClF3N4O2S/c1-3-19(33)30-4-5-31(12(2)11-30)23-14-8-15(25)20(13-9-17(27)18(28)10-16(13)26)22-21(14)32(6-7-35-22)24(34)29-23/h3,8-10,12H,1,4-7,11H2,2H3/t12-/m0/s1. The lowest BCUT2D eigenvalue weighted by atomic mass is 10.0. The molecule has 0 unspecified atom stereocenters. The van der Waals surface area contributed by atoms with Crippen molar-refractivity contribution < 1.29 is 18.0 Å². The van der Waals surface area contributed by atoms with Crippen molar-refractivity contribution in [2.75, 3.05) is 30.3 Å². The highest BCUT2D eigenvalue weighted by Crippen LogP contribution is 2.46. The van der Waals surface area contributed by atoms with Crippen molar-refractivity contribution in [2.24, 2.45) is 0 Å². The number of hydrogen-bond acceptors (Lipinski definition) is 5. The molecule has 0 bridgehead atoms. The fourth-order valence-corrected chi connectivity index (χ4v) is 6.29. The number of carbonyl (C=O) groups excluding carboxylic acids is 1. The SMILES string of the molecule is C=CC(=O)N1CCN(c2nc(=O)n3c4c(c(-c5cc(F)c(F)cc5F)c(Cl)cc24)SCC3)[C@@H](C)C1. The number of anilines is 1. The Morgan fingerprint density at radius 3 is 2.63 bits per heavy atom. The van der Waals surface area contributed by atoms with Gasteiger partial charge in [0.25, 0.3) is 0 Å². The number of amides is 1. The van der Waals surface area contributed by atoms with E-state index in [9.17, 15) is 22.8 Å². The number of aromatic nitrogens is 2. The molecule has 2 aliphatic heterocycles. The summed E-state index contributed by atoms with van der Waals surface area (Å²) >= 11 is 8.01. The molecule has 11 heteroatoms. The zero-order valence-corrected chi connectivity index (χ0v) is 20.2. The van der Waals surface area contributed by atoms with Crippen molar-refractivity contribution in [3.8, 4) is 11.1 Å². The molecule has 35 heavy (non-hydrogen) atoms. The number of benzene rings is 2. The summed E-state index contributed by atoms with van der Waals surface area (Å²) in [4.78, 5) is 33.6. The summed E-state index contributed by atoms with van der Waals surface area (Å²) in [5.41, 5.74) is 0.0870. The molecule has 3 heterocycles. The van der Waals surface area contributed by atoms with E-state index in [-0.39, 0.29) is 28.1 Å². The first kappa shape index (κ1) is 23.7. The Hall–Kier alpha value is -2.98. The van der Waals surface area contributed by atoms with Gasteiger partial charge in [-0.2, -0.15) is 4.98 Å². The van der Waals surface area contributed by atoms with Gasteiger partial charge in [-0.15, -0.1) is 11.8 Å². The highest BCUT2D eigenvalue weighted by atomic mass is 35.5. The Bertz CT molecular complexity index is 1460. The summed E-state index contributed by atoms with van der Waals surface area (Å²) in [7, 11) is 0. The maximum atomic E-state index is 14.8. The summed E-state index contributed by atoms with van der Waals surface area (Å²) in [5.74, 6) is -2.69. The Morgan fingerprint density at radius 2 is 1.91 bits per heavy atom. The van der Waals surface area contributed by atoms with Gasteiger partial charge in [0.2, 0.25) is 5.91 Å². The van der Waals surface area contributed by atoms with Crippen LogP contribution in [0.25, 0.3) is 22.0 Å². The van der Waals surface area contributed by atoms with Crippen LogP contribution in [0.2, 0.25) is 5.02 Å². The summed E-state index contributed by atoms with van der Waals surface area (Å²) in [6, 6.07) is 2.71. The fourth-order valence-electron chi connectivity index (χ4n) is 4.73. The smallest absolute Gasteiger partial charge is 0.350 e. The van der Waals surface area contributed by atoms with E-state index in [4.69, 9.17) is 11.6 Å². The van der Waals surface area contributed by atoms with Crippen molar-refractivity contribution in [1.82, 2.24) is 14.5 Å². The molecule has 3 aromatic rings. The molecule has 2 aromatic carbocycles. The van der Waals surface area contributed by atoms with E-state index in [0.717, 1.165) is 6.07 Å². The molecule has 0 radical (unpaired) electrons. The van der Waals surface area contributed by atoms with Crippen molar-refractivity contribution in [3.05, 3.63) is 63.8 Å². The number of thioether (sulfide) groups is 1. The van der Waals surface area contributed by atoms with E-state index in [1.54, 1.807) is 11.0 Å². The summed E-state index contributed by atoms with van der Waals surface area (Å²) in [5, 5.41) is 0.729. The summed E-state index contributed by atoms with van der Waals surface area (Å²) < 4.78 is 43.9. The van der Waals surface area contributed by atoms with Crippen molar-refractivity contribution in [2.45, 2.75) is 24.4 Å². The van der Waals surface area contributed by atoms with Crippen molar-refractivity contribution in [1.29, 1.82) is 0 Å². The van der Waals surface area contributed by atoms with Gasteiger partial charge in [-0.25, -0.2) is 18.0 Å². The lowest BCUT2D eigenvalue weighted by Crippen LogP contribution is -2.54. The molecule has 1 saturated heterocycles. The van der Waals surface area contributed by atoms with Crippen LogP contribution in [0.3, 0.4) is 0 Å². The molecule has 2 aliphatic rings. The molecule has 1 atom stereocenters. The molecular formula is C24H20ClF3N4O2S. The zero-order chi connectivity index (χ0) is 25.0. The van der Waals surface area contributed by atoms with Gasteiger partial charge in [0.1, 0.15) is 11.6 Å².